The maximum absolute atomic E-state index is 7.55. The van der Waals surface area contributed by atoms with Crippen LogP contribution >= 0.6 is 0 Å². The summed E-state index contributed by atoms with van der Waals surface area (Å²) >= 11 is 0. The Labute approximate surface area is 418 Å². The quantitative estimate of drug-likeness (QED) is 0.151. The second-order valence-electron chi connectivity index (χ2n) is 24.0. The Bertz CT molecular complexity index is 3490. The third-order valence-corrected chi connectivity index (χ3v) is 21.9. The first-order valence-corrected chi connectivity index (χ1v) is 27.1. The van der Waals surface area contributed by atoms with E-state index in [1.165, 1.54) is 89.0 Å². The van der Waals surface area contributed by atoms with Gasteiger partial charge in [0, 0.05) is 71.0 Å². The lowest BCUT2D eigenvalue weighted by atomic mass is 9.48. The highest BCUT2D eigenvalue weighted by molar-refractivity contribution is 5.74. The number of hydrogen-bond acceptors (Lipinski definition) is 2. The van der Waals surface area contributed by atoms with Gasteiger partial charge in [0.05, 0.1) is 24.4 Å². The topological polar surface area (TPSA) is 18.5 Å². The molecule has 72 heavy (non-hydrogen) atoms. The fourth-order valence-corrected chi connectivity index (χ4v) is 19.9. The summed E-state index contributed by atoms with van der Waals surface area (Å²) in [5, 5.41) is 0. The zero-order valence-corrected chi connectivity index (χ0v) is 39.4. The van der Waals surface area contributed by atoms with Gasteiger partial charge in [0.15, 0.2) is 0 Å². The highest BCUT2D eigenvalue weighted by atomic mass is 16.5. The summed E-state index contributed by atoms with van der Waals surface area (Å²) in [6.45, 7) is 0. The minimum absolute atomic E-state index is 0.0788. The molecule has 2 nitrogen and oxygen atoms in total. The van der Waals surface area contributed by atoms with Gasteiger partial charge >= 0.3 is 0 Å². The van der Waals surface area contributed by atoms with Crippen LogP contribution in [0.2, 0.25) is 0 Å². The maximum atomic E-state index is 7.55. The summed E-state index contributed by atoms with van der Waals surface area (Å²) in [5.74, 6) is 3.92. The molecule has 0 spiro atoms. The average molecular weight is 919 g/mol. The number of benzene rings is 9. The van der Waals surface area contributed by atoms with Gasteiger partial charge in [-0.15, -0.1) is 0 Å². The van der Waals surface area contributed by atoms with Crippen molar-refractivity contribution in [3.05, 3.63) is 316 Å². The van der Waals surface area contributed by atoms with Crippen LogP contribution in [-0.2, 0) is 9.47 Å². The van der Waals surface area contributed by atoms with Crippen LogP contribution in [0, 0.1) is 23.7 Å². The molecule has 25 rings (SSSR count). The molecule has 9 aromatic carbocycles. The van der Waals surface area contributed by atoms with Gasteiger partial charge in [-0.3, -0.25) is 0 Å². The van der Waals surface area contributed by atoms with E-state index in [-0.39, 0.29) is 48.1 Å². The standard InChI is InChI=1S/C70H46O2/c1-2-14-32-31(13-1)55-33-15-3-4-16-34(33)56(32)44-26-48-47(25-43(44)55)59-39-21-9-10-22-40(39)60(48)64-63(59)67-51-29-53-54(30-52(51)68(64)71-67)70-66-62-42-24-12-11-23-41(42)61(65(66)69(53)72-70)49-27-45-46(28-50(49)62)58-37-19-7-5-17-35(37)57(45)36-18-6-8-20-38(36)58/h1-30,55-70H/t55?,56?,57?,58?,59-,60-,61+,62+,63-,64+,65-,66-,67+,68+,69-,70-/m1/s1. The summed E-state index contributed by atoms with van der Waals surface area (Å²) in [6, 6.07) is 72.5. The van der Waals surface area contributed by atoms with Crippen molar-refractivity contribution in [3.63, 3.8) is 0 Å². The van der Waals surface area contributed by atoms with Crippen molar-refractivity contribution in [1.29, 1.82) is 0 Å². The zero-order chi connectivity index (χ0) is 45.7. The van der Waals surface area contributed by atoms with Crippen LogP contribution in [0.1, 0.15) is 205 Å². The van der Waals surface area contributed by atoms with Crippen molar-refractivity contribution >= 4 is 0 Å². The van der Waals surface area contributed by atoms with E-state index >= 15 is 0 Å². The van der Waals surface area contributed by atoms with Crippen LogP contribution in [0.25, 0.3) is 0 Å². The molecule has 12 aliphatic carbocycles. The molecule has 0 amide bonds. The van der Waals surface area contributed by atoms with Crippen LogP contribution in [0.5, 0.6) is 0 Å². The van der Waals surface area contributed by atoms with E-state index in [4.69, 9.17) is 9.47 Å². The predicted molar refractivity (Wildman–Crippen MR) is 276 cm³/mol. The third kappa shape index (κ3) is 3.83. The molecular formula is C70H46O2. The van der Waals surface area contributed by atoms with Crippen LogP contribution in [0.15, 0.2) is 182 Å². The first-order valence-electron chi connectivity index (χ1n) is 27.1. The summed E-state index contributed by atoms with van der Waals surface area (Å²) in [6.07, 6.45) is 0.315. The highest BCUT2D eigenvalue weighted by Crippen LogP contribution is 2.77. The molecule has 16 aliphatic rings. The van der Waals surface area contributed by atoms with Crippen LogP contribution in [-0.4, -0.2) is 0 Å². The van der Waals surface area contributed by atoms with E-state index in [1.807, 2.05) is 0 Å². The Hall–Kier alpha value is -7.10. The highest BCUT2D eigenvalue weighted by Gasteiger charge is 2.67. The molecule has 9 aromatic rings. The van der Waals surface area contributed by atoms with Crippen molar-refractivity contribution in [2.75, 3.05) is 0 Å². The Balaban J connectivity index is 0.710. The molecule has 0 radical (unpaired) electrons. The molecule has 0 aromatic heterocycles. The van der Waals surface area contributed by atoms with E-state index in [0.29, 0.717) is 47.3 Å². The molecule has 0 unspecified atom stereocenters. The summed E-state index contributed by atoms with van der Waals surface area (Å²) < 4.78 is 15.1. The zero-order valence-electron chi connectivity index (χ0n) is 39.4. The fourth-order valence-electron chi connectivity index (χ4n) is 19.9. The molecule has 0 saturated carbocycles. The smallest absolute Gasteiger partial charge is 0.0878 e. The largest absolute Gasteiger partial charge is 0.365 e. The fraction of sp³-hybridized carbons (Fsp3) is 0.229. The molecule has 4 aliphatic heterocycles. The van der Waals surface area contributed by atoms with E-state index in [1.54, 1.807) is 44.5 Å². The van der Waals surface area contributed by atoms with Gasteiger partial charge in [-0.1, -0.05) is 170 Å². The number of hydrogen-bond donors (Lipinski definition) is 0. The van der Waals surface area contributed by atoms with E-state index in [0.717, 1.165) is 0 Å². The van der Waals surface area contributed by atoms with Gasteiger partial charge in [0.25, 0.3) is 0 Å². The Morgan fingerprint density at radius 2 is 0.361 bits per heavy atom. The molecule has 12 atom stereocenters. The van der Waals surface area contributed by atoms with Gasteiger partial charge in [-0.05, 0) is 146 Å². The normalized spacial score (nSPS) is 34.0. The molecule has 2 saturated heterocycles. The minimum atomic E-state index is 0.0788. The van der Waals surface area contributed by atoms with Gasteiger partial charge in [0.2, 0.25) is 0 Å². The molecule has 12 bridgehead atoms. The molecular weight excluding hydrogens is 873 g/mol. The number of ether oxygens (including phenoxy) is 2. The lowest BCUT2D eigenvalue weighted by molar-refractivity contribution is 0.0494. The monoisotopic (exact) mass is 918 g/mol. The van der Waals surface area contributed by atoms with Crippen LogP contribution in [0.4, 0.5) is 0 Å². The molecule has 2 heteroatoms. The van der Waals surface area contributed by atoms with Gasteiger partial charge in [-0.25, -0.2) is 0 Å². The number of fused-ring (bicyclic) bond motifs is 10. The third-order valence-electron chi connectivity index (χ3n) is 21.9. The average Bonchev–Trinajstić information content (AvgIpc) is 4.23. The van der Waals surface area contributed by atoms with Crippen molar-refractivity contribution in [2.24, 2.45) is 23.7 Å². The summed E-state index contributed by atoms with van der Waals surface area (Å²) in [4.78, 5) is 0. The van der Waals surface area contributed by atoms with Gasteiger partial charge < -0.3 is 9.47 Å². The first kappa shape index (κ1) is 36.8. The van der Waals surface area contributed by atoms with Gasteiger partial charge in [0.1, 0.15) is 0 Å². The second-order valence-corrected chi connectivity index (χ2v) is 24.0. The van der Waals surface area contributed by atoms with Crippen LogP contribution < -0.4 is 0 Å². The summed E-state index contributed by atoms with van der Waals surface area (Å²) in [5.41, 5.74) is 36.4. The van der Waals surface area contributed by atoms with Gasteiger partial charge in [-0.2, -0.15) is 0 Å². The molecule has 2 fully saturated rings. The Morgan fingerprint density at radius 3 is 0.569 bits per heavy atom. The summed E-state index contributed by atoms with van der Waals surface area (Å²) in [7, 11) is 0. The molecule has 4 heterocycles. The second kappa shape index (κ2) is 12.0. The van der Waals surface area contributed by atoms with Crippen molar-refractivity contribution < 1.29 is 9.47 Å². The lowest BCUT2D eigenvalue weighted by Crippen LogP contribution is -2.44. The lowest BCUT2D eigenvalue weighted by Gasteiger charge is -2.53. The minimum Gasteiger partial charge on any atom is -0.365 e. The van der Waals surface area contributed by atoms with Crippen molar-refractivity contribution in [1.82, 2.24) is 0 Å². The van der Waals surface area contributed by atoms with E-state index < -0.39 is 0 Å². The predicted octanol–water partition coefficient (Wildman–Crippen LogP) is 15.0. The van der Waals surface area contributed by atoms with Crippen molar-refractivity contribution in [2.45, 2.75) is 71.8 Å². The van der Waals surface area contributed by atoms with Crippen LogP contribution in [0.3, 0.4) is 0 Å². The van der Waals surface area contributed by atoms with E-state index in [9.17, 15) is 0 Å². The SMILES string of the molecule is c1ccc2c(c1)C1c3ccccc3C2c2cc3c(cc21)[C@@H]1c2ccccc2[C@@H]3[C@@H]2[C@@H]1[C@@H]1O[C@@H]2c2cc3c(cc21)[C@@H]1O[C@@H]3[C@H]2[C@@H]3c4ccccc4[C@H](c4cc5c(cc43)C3c4ccccc4C5c4ccccc43)[C@H]21. The molecule has 338 valence electrons. The van der Waals surface area contributed by atoms with Crippen molar-refractivity contribution in [3.8, 4) is 0 Å². The first-order chi connectivity index (χ1) is 35.8. The van der Waals surface area contributed by atoms with E-state index in [2.05, 4.69) is 182 Å². The Morgan fingerprint density at radius 1 is 0.181 bits per heavy atom. The molecule has 0 N–H and O–H groups in total. The maximum Gasteiger partial charge on any atom is 0.0878 e. The Kier molecular flexibility index (Phi) is 6.15. The number of rotatable bonds is 0.